The summed E-state index contributed by atoms with van der Waals surface area (Å²) in [6.07, 6.45) is -5.19. The Morgan fingerprint density at radius 2 is 0.696 bits per heavy atom. The molecule has 0 N–H and O–H groups in total. The number of hydrogen-bond donors (Lipinski definition) is 0. The Kier molecular flexibility index (Phi) is 10.3. The SMILES string of the molecule is O=C([O-])C(F)(F)F.c1ccc(P(=N[P+](c2ccccc2)(c2ccccc2)c2ccccc2)(c2ccccc2)c2ccccc2)cc1. The third-order valence-corrected chi connectivity index (χ3v) is 15.7. The van der Waals surface area contributed by atoms with Crippen molar-refractivity contribution in [3.8, 4) is 0 Å². The Hall–Kier alpha value is -4.76. The molecule has 6 aromatic carbocycles. The van der Waals surface area contributed by atoms with E-state index in [0.717, 1.165) is 0 Å². The van der Waals surface area contributed by atoms with Crippen molar-refractivity contribution in [2.45, 2.75) is 6.18 Å². The molecule has 0 unspecified atom stereocenters. The van der Waals surface area contributed by atoms with Gasteiger partial charge in [0.15, 0.2) is 0 Å². The Morgan fingerprint density at radius 1 is 0.478 bits per heavy atom. The largest absolute Gasteiger partial charge is 0.542 e. The van der Waals surface area contributed by atoms with Crippen molar-refractivity contribution >= 4 is 52.3 Å². The maximum atomic E-state index is 10.5. The van der Waals surface area contributed by atoms with E-state index in [0.29, 0.717) is 0 Å². The average Bonchev–Trinajstić information content (AvgIpc) is 3.11. The predicted octanol–water partition coefficient (Wildman–Crippen LogP) is 6.37. The first-order valence-electron chi connectivity index (χ1n) is 14.4. The maximum Gasteiger partial charge on any atom is 0.430 e. The summed E-state index contributed by atoms with van der Waals surface area (Å²) in [5, 5.41) is 16.3. The Bertz CT molecular complexity index is 1690. The lowest BCUT2D eigenvalue weighted by atomic mass is 10.4. The molecule has 0 aliphatic rings. The van der Waals surface area contributed by atoms with Gasteiger partial charge in [0, 0.05) is 15.9 Å². The van der Waals surface area contributed by atoms with Crippen LogP contribution in [0.5, 0.6) is 0 Å². The first kappa shape index (κ1) is 32.6. The van der Waals surface area contributed by atoms with Gasteiger partial charge >= 0.3 is 6.18 Å². The van der Waals surface area contributed by atoms with Gasteiger partial charge in [-0.25, -0.2) is 0 Å². The number of halogens is 3. The Labute approximate surface area is 267 Å². The summed E-state index contributed by atoms with van der Waals surface area (Å²) in [6, 6.07) is 65.7. The van der Waals surface area contributed by atoms with E-state index in [2.05, 4.69) is 182 Å². The number of rotatable bonds is 7. The summed E-state index contributed by atoms with van der Waals surface area (Å²) in [6.45, 7) is 0. The van der Waals surface area contributed by atoms with Crippen molar-refractivity contribution in [2.24, 2.45) is 4.52 Å². The predicted molar refractivity (Wildman–Crippen MR) is 184 cm³/mol. The molecule has 0 atom stereocenters. The highest BCUT2D eigenvalue weighted by atomic mass is 31.2. The molecule has 230 valence electrons. The number of carboxylic acids is 1. The summed E-state index contributed by atoms with van der Waals surface area (Å²) in [7, 11) is -4.99. The molecule has 0 fully saturated rings. The highest BCUT2D eigenvalue weighted by Crippen LogP contribution is 2.65. The highest BCUT2D eigenvalue weighted by molar-refractivity contribution is 8.01. The topological polar surface area (TPSA) is 52.5 Å². The Balaban J connectivity index is 0.000000537. The monoisotopic (exact) mass is 651 g/mol. The number of alkyl halides is 3. The van der Waals surface area contributed by atoms with Crippen LogP contribution in [0.4, 0.5) is 13.2 Å². The van der Waals surface area contributed by atoms with E-state index in [4.69, 9.17) is 14.4 Å². The van der Waals surface area contributed by atoms with Crippen molar-refractivity contribution in [2.75, 3.05) is 0 Å². The van der Waals surface area contributed by atoms with Gasteiger partial charge in [-0.2, -0.15) is 13.2 Å². The van der Waals surface area contributed by atoms with Crippen LogP contribution in [0.3, 0.4) is 0 Å². The zero-order valence-corrected chi connectivity index (χ0v) is 26.4. The molecule has 3 nitrogen and oxygen atoms in total. The summed E-state index contributed by atoms with van der Waals surface area (Å²) in [4.78, 5) is 8.78. The molecule has 6 rings (SSSR count). The minimum atomic E-state index is -5.19. The summed E-state index contributed by atoms with van der Waals surface area (Å²) in [5.74, 6) is -3.01. The van der Waals surface area contributed by atoms with E-state index >= 15 is 0 Å². The number of carbonyl (C=O) groups is 1. The fourth-order valence-electron chi connectivity index (χ4n) is 5.27. The minimum absolute atomic E-state index is 1.26. The third-order valence-electron chi connectivity index (χ3n) is 7.28. The summed E-state index contributed by atoms with van der Waals surface area (Å²) in [5.41, 5.74) is 0. The Morgan fingerprint density at radius 3 is 0.913 bits per heavy atom. The van der Waals surface area contributed by atoms with Gasteiger partial charge in [0.25, 0.3) is 0 Å². The smallest absolute Gasteiger partial charge is 0.430 e. The molecular formula is C38H30F3NO2P2. The van der Waals surface area contributed by atoms with Gasteiger partial charge in [-0.1, -0.05) is 146 Å². The number of nitrogens with zero attached hydrogens (tertiary/aromatic N) is 1. The first-order chi connectivity index (χ1) is 22.3. The minimum Gasteiger partial charge on any atom is -0.542 e. The molecule has 0 radical (unpaired) electrons. The van der Waals surface area contributed by atoms with Crippen LogP contribution in [0.25, 0.3) is 0 Å². The van der Waals surface area contributed by atoms with Crippen molar-refractivity contribution in [1.82, 2.24) is 0 Å². The van der Waals surface area contributed by atoms with Crippen LogP contribution in [0, 0.1) is 0 Å². The van der Waals surface area contributed by atoms with Crippen LogP contribution in [-0.2, 0) is 4.79 Å². The van der Waals surface area contributed by atoms with Crippen molar-refractivity contribution in [3.63, 3.8) is 0 Å². The van der Waals surface area contributed by atoms with Crippen LogP contribution in [-0.4, -0.2) is 12.1 Å². The summed E-state index contributed by atoms with van der Waals surface area (Å²) < 4.78 is 37.9. The number of carbonyl (C=O) groups excluding carboxylic acids is 1. The van der Waals surface area contributed by atoms with Gasteiger partial charge < -0.3 is 9.90 Å². The van der Waals surface area contributed by atoms with Gasteiger partial charge in [-0.3, -0.25) is 0 Å². The second kappa shape index (κ2) is 14.6. The quantitative estimate of drug-likeness (QED) is 0.189. The molecule has 0 aliphatic carbocycles. The first-order valence-corrected chi connectivity index (χ1v) is 17.9. The van der Waals surface area contributed by atoms with Crippen molar-refractivity contribution in [1.29, 1.82) is 0 Å². The average molecular weight is 652 g/mol. The van der Waals surface area contributed by atoms with E-state index in [1.807, 2.05) is 0 Å². The molecule has 0 aromatic heterocycles. The van der Waals surface area contributed by atoms with E-state index in [1.165, 1.54) is 31.8 Å². The lowest BCUT2D eigenvalue weighted by molar-refractivity contribution is -0.344. The number of carboxylic acid groups (broad SMARTS) is 1. The molecule has 0 bridgehead atoms. The van der Waals surface area contributed by atoms with E-state index < -0.39 is 26.6 Å². The highest BCUT2D eigenvalue weighted by Gasteiger charge is 2.49. The molecule has 0 heterocycles. The van der Waals surface area contributed by atoms with E-state index in [-0.39, 0.29) is 0 Å². The second-order valence-electron chi connectivity index (χ2n) is 10.2. The van der Waals surface area contributed by atoms with Crippen molar-refractivity contribution < 1.29 is 23.1 Å². The van der Waals surface area contributed by atoms with Crippen LogP contribution >= 0.6 is 14.5 Å². The van der Waals surface area contributed by atoms with Gasteiger partial charge in [0.2, 0.25) is 7.41 Å². The van der Waals surface area contributed by atoms with Crippen LogP contribution in [0.15, 0.2) is 187 Å². The van der Waals surface area contributed by atoms with Gasteiger partial charge in [0.05, 0.1) is 0 Å². The second-order valence-corrected chi connectivity index (χ2v) is 16.5. The zero-order valence-electron chi connectivity index (χ0n) is 24.6. The molecule has 0 saturated carbocycles. The molecule has 0 saturated heterocycles. The van der Waals surface area contributed by atoms with E-state index in [9.17, 15) is 13.2 Å². The standard InChI is InChI=1S/C36H30NP2.C2HF3O2/c1-7-19-31(20-8-1)38(32-21-9-2-10-22-32,33-23-11-3-12-24-33)37-39(34-25-13-4-14-26-34,35-27-15-5-16-28-35)36-29-17-6-18-30-36;3-2(4,5)1(6)7/h1-30H;(H,6,7)/q+1;/p-1. The molecular weight excluding hydrogens is 621 g/mol. The maximum absolute atomic E-state index is 10.5. The molecule has 6 aromatic rings. The lowest BCUT2D eigenvalue weighted by Crippen LogP contribution is -2.37. The zero-order chi connectivity index (χ0) is 32.5. The third kappa shape index (κ3) is 6.89. The molecule has 0 amide bonds. The molecule has 0 aliphatic heterocycles. The normalized spacial score (nSPS) is 11.5. The number of hydrogen-bond acceptors (Lipinski definition) is 3. The summed E-state index contributed by atoms with van der Waals surface area (Å²) >= 11 is 0. The van der Waals surface area contributed by atoms with Crippen LogP contribution < -0.4 is 36.9 Å². The number of benzene rings is 6. The molecule has 0 spiro atoms. The van der Waals surface area contributed by atoms with E-state index in [1.54, 1.807) is 0 Å². The van der Waals surface area contributed by atoms with Crippen LogP contribution in [0.2, 0.25) is 0 Å². The van der Waals surface area contributed by atoms with Gasteiger partial charge in [0.1, 0.15) is 28.9 Å². The van der Waals surface area contributed by atoms with Crippen molar-refractivity contribution in [3.05, 3.63) is 182 Å². The molecule has 8 heteroatoms. The lowest BCUT2D eigenvalue weighted by Gasteiger charge is -2.31. The van der Waals surface area contributed by atoms with Gasteiger partial charge in [-0.05, 0) is 36.4 Å². The number of aliphatic carboxylic acids is 1. The van der Waals surface area contributed by atoms with Crippen LogP contribution in [0.1, 0.15) is 0 Å². The fourth-order valence-corrected chi connectivity index (χ4v) is 14.8. The fraction of sp³-hybridized carbons (Fsp3) is 0.0263. The van der Waals surface area contributed by atoms with Gasteiger partial charge in [-0.15, -0.1) is 4.52 Å². The molecule has 46 heavy (non-hydrogen) atoms.